The molecular formula is C14H20N3O3+. The van der Waals surface area contributed by atoms with Crippen molar-refractivity contribution in [1.29, 1.82) is 0 Å². The number of nitro benzene ring substituents is 1. The number of nitrogens with zero attached hydrogens (tertiary/aromatic N) is 1. The molecule has 1 fully saturated rings. The molecule has 0 heterocycles. The minimum atomic E-state index is -0.468. The average Bonchev–Trinajstić information content (AvgIpc) is 2.46. The first-order valence-corrected chi connectivity index (χ1v) is 7.03. The lowest BCUT2D eigenvalue weighted by molar-refractivity contribution is -0.681. The zero-order valence-electron chi connectivity index (χ0n) is 11.4. The number of nitro groups is 1. The average molecular weight is 278 g/mol. The molecule has 3 N–H and O–H groups in total. The molecule has 0 radical (unpaired) electrons. The minimum Gasteiger partial charge on any atom is -0.336 e. The topological polar surface area (TPSA) is 88.8 Å². The van der Waals surface area contributed by atoms with Crippen molar-refractivity contribution in [2.75, 3.05) is 11.9 Å². The first-order chi connectivity index (χ1) is 9.65. The van der Waals surface area contributed by atoms with E-state index in [-0.39, 0.29) is 11.6 Å². The first-order valence-electron chi connectivity index (χ1n) is 7.03. The molecule has 0 saturated heterocycles. The lowest BCUT2D eigenvalue weighted by atomic mass is 9.95. The van der Waals surface area contributed by atoms with Gasteiger partial charge in [-0.25, -0.2) is 0 Å². The third kappa shape index (κ3) is 4.31. The molecule has 1 aromatic rings. The van der Waals surface area contributed by atoms with Crippen LogP contribution in [-0.4, -0.2) is 23.4 Å². The van der Waals surface area contributed by atoms with Gasteiger partial charge in [-0.3, -0.25) is 14.9 Å². The monoisotopic (exact) mass is 278 g/mol. The van der Waals surface area contributed by atoms with Crippen molar-refractivity contribution < 1.29 is 15.0 Å². The van der Waals surface area contributed by atoms with Gasteiger partial charge in [-0.05, 0) is 31.7 Å². The van der Waals surface area contributed by atoms with Crippen LogP contribution in [0.4, 0.5) is 11.4 Å². The van der Waals surface area contributed by atoms with Crippen LogP contribution in [0.3, 0.4) is 0 Å². The number of amides is 1. The Kier molecular flexibility index (Phi) is 5.06. The molecule has 0 atom stereocenters. The van der Waals surface area contributed by atoms with Gasteiger partial charge in [-0.1, -0.05) is 12.5 Å². The lowest BCUT2D eigenvalue weighted by Gasteiger charge is -2.19. The molecule has 1 saturated carbocycles. The van der Waals surface area contributed by atoms with E-state index in [4.69, 9.17) is 0 Å². The van der Waals surface area contributed by atoms with Gasteiger partial charge in [0.1, 0.15) is 0 Å². The fraction of sp³-hybridized carbons (Fsp3) is 0.500. The van der Waals surface area contributed by atoms with Gasteiger partial charge in [0.05, 0.1) is 11.0 Å². The standard InChI is InChI=1S/C14H19N3O3/c18-14(10-15-11-5-2-1-3-6-11)16-12-7-4-8-13(9-12)17(19)20/h4,7-9,11,15H,1-3,5-6,10H2,(H,16,18)/p+1. The van der Waals surface area contributed by atoms with Crippen LogP contribution >= 0.6 is 0 Å². The van der Waals surface area contributed by atoms with Crippen LogP contribution in [0.1, 0.15) is 32.1 Å². The van der Waals surface area contributed by atoms with Crippen molar-refractivity contribution >= 4 is 17.3 Å². The molecule has 0 unspecified atom stereocenters. The largest absolute Gasteiger partial charge is 0.336 e. The molecule has 20 heavy (non-hydrogen) atoms. The maximum absolute atomic E-state index is 11.8. The molecule has 0 spiro atoms. The van der Waals surface area contributed by atoms with Crippen molar-refractivity contribution in [3.05, 3.63) is 34.4 Å². The van der Waals surface area contributed by atoms with Gasteiger partial charge in [-0.15, -0.1) is 0 Å². The van der Waals surface area contributed by atoms with Crippen LogP contribution in [0, 0.1) is 10.1 Å². The Morgan fingerprint density at radius 1 is 1.35 bits per heavy atom. The van der Waals surface area contributed by atoms with Crippen LogP contribution in [0.5, 0.6) is 0 Å². The summed E-state index contributed by atoms with van der Waals surface area (Å²) in [7, 11) is 0. The number of carbonyl (C=O) groups is 1. The molecule has 2 rings (SSSR count). The van der Waals surface area contributed by atoms with Crippen LogP contribution in [0.2, 0.25) is 0 Å². The normalized spacial score (nSPS) is 15.8. The van der Waals surface area contributed by atoms with Gasteiger partial charge in [0.15, 0.2) is 6.54 Å². The third-order valence-corrected chi connectivity index (χ3v) is 3.63. The van der Waals surface area contributed by atoms with Crippen molar-refractivity contribution in [1.82, 2.24) is 0 Å². The van der Waals surface area contributed by atoms with E-state index < -0.39 is 4.92 Å². The van der Waals surface area contributed by atoms with E-state index in [0.29, 0.717) is 18.3 Å². The number of non-ortho nitro benzene ring substituents is 1. The minimum absolute atomic E-state index is 0.0148. The molecule has 108 valence electrons. The van der Waals surface area contributed by atoms with E-state index in [0.717, 1.165) is 0 Å². The number of quaternary nitrogens is 1. The number of hydrogen-bond donors (Lipinski definition) is 2. The molecule has 1 aliphatic rings. The predicted octanol–water partition coefficient (Wildman–Crippen LogP) is 1.43. The number of hydrogen-bond acceptors (Lipinski definition) is 3. The van der Waals surface area contributed by atoms with Gasteiger partial charge in [0.25, 0.3) is 11.6 Å². The molecule has 6 heteroatoms. The van der Waals surface area contributed by atoms with Crippen molar-refractivity contribution in [3.63, 3.8) is 0 Å². The molecule has 1 amide bonds. The maximum Gasteiger partial charge on any atom is 0.279 e. The number of nitrogens with one attached hydrogen (secondary N) is 1. The second-order valence-corrected chi connectivity index (χ2v) is 5.19. The van der Waals surface area contributed by atoms with E-state index in [9.17, 15) is 14.9 Å². The van der Waals surface area contributed by atoms with Crippen molar-refractivity contribution in [2.45, 2.75) is 38.1 Å². The van der Waals surface area contributed by atoms with Gasteiger partial charge in [-0.2, -0.15) is 0 Å². The number of carbonyl (C=O) groups excluding carboxylic acids is 1. The highest BCUT2D eigenvalue weighted by atomic mass is 16.6. The Morgan fingerprint density at radius 3 is 2.80 bits per heavy atom. The fourth-order valence-electron chi connectivity index (χ4n) is 2.55. The van der Waals surface area contributed by atoms with Crippen molar-refractivity contribution in [2.24, 2.45) is 0 Å². The molecule has 0 bridgehead atoms. The Labute approximate surface area is 117 Å². The highest BCUT2D eigenvalue weighted by molar-refractivity contribution is 5.91. The molecule has 0 aliphatic heterocycles. The predicted molar refractivity (Wildman–Crippen MR) is 75.4 cm³/mol. The Bertz CT molecular complexity index is 484. The molecule has 0 aromatic heterocycles. The lowest BCUT2D eigenvalue weighted by Crippen LogP contribution is -2.91. The summed E-state index contributed by atoms with van der Waals surface area (Å²) >= 11 is 0. The summed E-state index contributed by atoms with van der Waals surface area (Å²) in [5, 5.41) is 15.4. The summed E-state index contributed by atoms with van der Waals surface area (Å²) < 4.78 is 0. The quantitative estimate of drug-likeness (QED) is 0.630. The third-order valence-electron chi connectivity index (χ3n) is 3.63. The summed E-state index contributed by atoms with van der Waals surface area (Å²) in [6, 6.07) is 6.55. The summed E-state index contributed by atoms with van der Waals surface area (Å²) in [4.78, 5) is 22.0. The van der Waals surface area contributed by atoms with Crippen molar-refractivity contribution in [3.8, 4) is 0 Å². The molecule has 1 aromatic carbocycles. The zero-order chi connectivity index (χ0) is 14.4. The molecular weight excluding hydrogens is 258 g/mol. The maximum atomic E-state index is 11.8. The van der Waals surface area contributed by atoms with E-state index in [1.54, 1.807) is 12.1 Å². The van der Waals surface area contributed by atoms with Crippen LogP contribution in [0.25, 0.3) is 0 Å². The smallest absolute Gasteiger partial charge is 0.279 e. The van der Waals surface area contributed by atoms with Gasteiger partial charge in [0, 0.05) is 17.8 Å². The van der Waals surface area contributed by atoms with E-state index in [2.05, 4.69) is 10.6 Å². The Balaban J connectivity index is 1.81. The zero-order valence-corrected chi connectivity index (χ0v) is 11.4. The number of benzene rings is 1. The number of anilines is 1. The Hall–Kier alpha value is -1.95. The highest BCUT2D eigenvalue weighted by Gasteiger charge is 2.17. The molecule has 6 nitrogen and oxygen atoms in total. The van der Waals surface area contributed by atoms with E-state index in [1.165, 1.54) is 44.2 Å². The summed E-state index contributed by atoms with van der Waals surface area (Å²) in [6.07, 6.45) is 6.12. The highest BCUT2D eigenvalue weighted by Crippen LogP contribution is 2.17. The Morgan fingerprint density at radius 2 is 2.10 bits per heavy atom. The van der Waals surface area contributed by atoms with Crippen LogP contribution < -0.4 is 10.6 Å². The van der Waals surface area contributed by atoms with Gasteiger partial charge in [0.2, 0.25) is 0 Å². The van der Waals surface area contributed by atoms with Gasteiger partial charge >= 0.3 is 0 Å². The van der Waals surface area contributed by atoms with Crippen LogP contribution in [-0.2, 0) is 4.79 Å². The van der Waals surface area contributed by atoms with Gasteiger partial charge < -0.3 is 10.6 Å². The second kappa shape index (κ2) is 7.00. The van der Waals surface area contributed by atoms with Crippen LogP contribution in [0.15, 0.2) is 24.3 Å². The SMILES string of the molecule is O=C(C[NH2+]C1CCCCC1)Nc1cccc([N+](=O)[O-])c1. The first kappa shape index (κ1) is 14.5. The summed E-state index contributed by atoms with van der Waals surface area (Å²) in [6.45, 7) is 0.368. The second-order valence-electron chi connectivity index (χ2n) is 5.19. The fourth-order valence-corrected chi connectivity index (χ4v) is 2.55. The van der Waals surface area contributed by atoms with E-state index >= 15 is 0 Å². The summed E-state index contributed by atoms with van der Waals surface area (Å²) in [5.41, 5.74) is 0.459. The number of nitrogens with two attached hydrogens (primary N) is 1. The number of rotatable bonds is 5. The summed E-state index contributed by atoms with van der Waals surface area (Å²) in [5.74, 6) is -0.115. The van der Waals surface area contributed by atoms with E-state index in [1.807, 2.05) is 0 Å². The molecule has 1 aliphatic carbocycles.